The summed E-state index contributed by atoms with van der Waals surface area (Å²) in [5, 5.41) is 0. The molecule has 0 saturated heterocycles. The third-order valence-corrected chi connectivity index (χ3v) is 3.53. The van der Waals surface area contributed by atoms with Crippen LogP contribution in [-0.2, 0) is 11.3 Å². The summed E-state index contributed by atoms with van der Waals surface area (Å²) >= 11 is 5.26. The van der Waals surface area contributed by atoms with Crippen molar-refractivity contribution in [1.82, 2.24) is 9.55 Å². The van der Waals surface area contributed by atoms with Crippen LogP contribution < -0.4 is 0 Å². The molecule has 1 N–H and O–H groups in total. The molecule has 0 fully saturated rings. The predicted molar refractivity (Wildman–Crippen MR) is 79.1 cm³/mol. The number of imidazole rings is 1. The topological polar surface area (TPSA) is 29.9 Å². The fourth-order valence-electron chi connectivity index (χ4n) is 2.38. The Bertz CT molecular complexity index is 870. The third kappa shape index (κ3) is 2.36. The fourth-order valence-corrected chi connectivity index (χ4v) is 2.68. The summed E-state index contributed by atoms with van der Waals surface area (Å²) in [6, 6.07) is 9.52. The Balaban J connectivity index is 2.36. The molecule has 1 aromatic heterocycles. The molecule has 3 aromatic rings. The van der Waals surface area contributed by atoms with Crippen LogP contribution in [0.15, 0.2) is 36.4 Å². The van der Waals surface area contributed by atoms with E-state index in [1.807, 2.05) is 24.3 Å². The zero-order chi connectivity index (χ0) is 15.0. The summed E-state index contributed by atoms with van der Waals surface area (Å²) in [7, 11) is 1.59. The molecule has 0 radical (unpaired) electrons. The van der Waals surface area contributed by atoms with Crippen LogP contribution in [0.2, 0.25) is 0 Å². The number of fused-ring (bicyclic) bond motifs is 1. The SMILES string of the molecule is COCc1ccccc1-n1c(=S)[nH]c2c(F)cc(F)cc21. The van der Waals surface area contributed by atoms with Gasteiger partial charge >= 0.3 is 0 Å². The lowest BCUT2D eigenvalue weighted by Crippen LogP contribution is -2.01. The van der Waals surface area contributed by atoms with Crippen molar-refractivity contribution in [2.75, 3.05) is 7.11 Å². The smallest absolute Gasteiger partial charge is 0.182 e. The molecule has 0 amide bonds. The van der Waals surface area contributed by atoms with Gasteiger partial charge in [-0.15, -0.1) is 0 Å². The second kappa shape index (κ2) is 5.38. The van der Waals surface area contributed by atoms with Crippen molar-refractivity contribution in [3.8, 4) is 5.69 Å². The first-order chi connectivity index (χ1) is 10.1. The first-order valence-corrected chi connectivity index (χ1v) is 6.69. The summed E-state index contributed by atoms with van der Waals surface area (Å²) < 4.78 is 34.5. The Morgan fingerprint density at radius 1 is 1.24 bits per heavy atom. The van der Waals surface area contributed by atoms with E-state index in [0.29, 0.717) is 16.9 Å². The number of nitrogens with zero attached hydrogens (tertiary/aromatic N) is 1. The third-order valence-electron chi connectivity index (χ3n) is 3.24. The van der Waals surface area contributed by atoms with Gasteiger partial charge in [-0.05, 0) is 18.3 Å². The zero-order valence-corrected chi connectivity index (χ0v) is 12.0. The van der Waals surface area contributed by atoms with Gasteiger partial charge < -0.3 is 9.72 Å². The summed E-state index contributed by atoms with van der Waals surface area (Å²) in [5.41, 5.74) is 2.16. The lowest BCUT2D eigenvalue weighted by Gasteiger charge is -2.10. The average molecular weight is 306 g/mol. The van der Waals surface area contributed by atoms with Crippen molar-refractivity contribution in [2.45, 2.75) is 6.61 Å². The van der Waals surface area contributed by atoms with Crippen molar-refractivity contribution in [1.29, 1.82) is 0 Å². The van der Waals surface area contributed by atoms with Gasteiger partial charge in [-0.25, -0.2) is 8.78 Å². The molecule has 0 aliphatic carbocycles. The summed E-state index contributed by atoms with van der Waals surface area (Å²) in [5.74, 6) is -1.31. The van der Waals surface area contributed by atoms with Gasteiger partial charge in [0.25, 0.3) is 0 Å². The number of rotatable bonds is 3. The van der Waals surface area contributed by atoms with E-state index in [0.717, 1.165) is 17.3 Å². The minimum absolute atomic E-state index is 0.189. The number of halogens is 2. The van der Waals surface area contributed by atoms with Gasteiger partial charge in [0.05, 0.1) is 17.8 Å². The molecule has 1 heterocycles. The van der Waals surface area contributed by atoms with Gasteiger partial charge in [0.1, 0.15) is 11.3 Å². The van der Waals surface area contributed by atoms with Crippen molar-refractivity contribution in [3.05, 3.63) is 58.4 Å². The van der Waals surface area contributed by atoms with Crippen LogP contribution in [0.25, 0.3) is 16.7 Å². The standard InChI is InChI=1S/C15H12F2N2OS/c1-20-8-9-4-2-3-5-12(9)19-13-7-10(16)6-11(17)14(13)18-15(19)21/h2-7H,8H2,1H3,(H,18,21). The molecule has 6 heteroatoms. The summed E-state index contributed by atoms with van der Waals surface area (Å²) in [4.78, 5) is 2.79. The molecule has 0 aliphatic rings. The van der Waals surface area contributed by atoms with Gasteiger partial charge in [0, 0.05) is 24.8 Å². The molecule has 0 bridgehead atoms. The second-order valence-electron chi connectivity index (χ2n) is 4.61. The fraction of sp³-hybridized carbons (Fsp3) is 0.133. The number of ether oxygens (including phenoxy) is 1. The van der Waals surface area contributed by atoms with Crippen molar-refractivity contribution in [2.24, 2.45) is 0 Å². The van der Waals surface area contributed by atoms with Crippen LogP contribution in [-0.4, -0.2) is 16.7 Å². The van der Waals surface area contributed by atoms with Crippen molar-refractivity contribution in [3.63, 3.8) is 0 Å². The zero-order valence-electron chi connectivity index (χ0n) is 11.2. The molecule has 108 valence electrons. The minimum atomic E-state index is -0.668. The Morgan fingerprint density at radius 2 is 2.00 bits per heavy atom. The number of para-hydroxylation sites is 1. The highest BCUT2D eigenvalue weighted by Crippen LogP contribution is 2.25. The summed E-state index contributed by atoms with van der Waals surface area (Å²) in [6.07, 6.45) is 0. The Hall–Kier alpha value is -2.05. The van der Waals surface area contributed by atoms with Crippen molar-refractivity contribution < 1.29 is 13.5 Å². The van der Waals surface area contributed by atoms with Gasteiger partial charge in [0.2, 0.25) is 0 Å². The second-order valence-corrected chi connectivity index (χ2v) is 5.00. The molecule has 3 rings (SSSR count). The van der Waals surface area contributed by atoms with Crippen LogP contribution in [0.4, 0.5) is 8.78 Å². The molecular weight excluding hydrogens is 294 g/mol. The number of methoxy groups -OCH3 is 1. The highest BCUT2D eigenvalue weighted by molar-refractivity contribution is 7.71. The van der Waals surface area contributed by atoms with E-state index in [2.05, 4.69) is 4.98 Å². The van der Waals surface area contributed by atoms with Crippen molar-refractivity contribution >= 4 is 23.3 Å². The van der Waals surface area contributed by atoms with Gasteiger partial charge in [-0.2, -0.15) is 0 Å². The van der Waals surface area contributed by atoms with Crippen LogP contribution >= 0.6 is 12.2 Å². The minimum Gasteiger partial charge on any atom is -0.380 e. The van der Waals surface area contributed by atoms with E-state index in [-0.39, 0.29) is 5.52 Å². The first kappa shape index (κ1) is 13.9. The predicted octanol–water partition coefficient (Wildman–Crippen LogP) is 4.11. The molecular formula is C15H12F2N2OS. The number of nitrogens with one attached hydrogen (secondary N) is 1. The maximum absolute atomic E-state index is 13.8. The number of hydrogen-bond donors (Lipinski definition) is 1. The molecule has 21 heavy (non-hydrogen) atoms. The first-order valence-electron chi connectivity index (χ1n) is 6.29. The lowest BCUT2D eigenvalue weighted by atomic mass is 10.2. The lowest BCUT2D eigenvalue weighted by molar-refractivity contribution is 0.185. The highest BCUT2D eigenvalue weighted by Gasteiger charge is 2.14. The van der Waals surface area contributed by atoms with Gasteiger partial charge in [-0.1, -0.05) is 18.2 Å². The average Bonchev–Trinajstić information content (AvgIpc) is 2.77. The summed E-state index contributed by atoms with van der Waals surface area (Å²) in [6.45, 7) is 0.377. The highest BCUT2D eigenvalue weighted by atomic mass is 32.1. The number of aromatic amines is 1. The maximum atomic E-state index is 13.8. The van der Waals surface area contributed by atoms with Crippen LogP contribution in [0.1, 0.15) is 5.56 Å². The molecule has 0 saturated carbocycles. The molecule has 3 nitrogen and oxygen atoms in total. The van der Waals surface area contributed by atoms with E-state index >= 15 is 0 Å². The van der Waals surface area contributed by atoms with Crippen LogP contribution in [0.3, 0.4) is 0 Å². The quantitative estimate of drug-likeness (QED) is 0.738. The van der Waals surface area contributed by atoms with Crippen LogP contribution in [0.5, 0.6) is 0 Å². The number of H-pyrrole nitrogens is 1. The molecule has 0 atom stereocenters. The Labute approximate surface area is 124 Å². The largest absolute Gasteiger partial charge is 0.380 e. The number of aromatic nitrogens is 2. The number of hydrogen-bond acceptors (Lipinski definition) is 2. The maximum Gasteiger partial charge on any atom is 0.182 e. The van der Waals surface area contributed by atoms with E-state index in [9.17, 15) is 8.78 Å². The Kier molecular flexibility index (Phi) is 3.57. The van der Waals surface area contributed by atoms with E-state index in [4.69, 9.17) is 17.0 Å². The van der Waals surface area contributed by atoms with Crippen LogP contribution in [0, 0.1) is 16.4 Å². The van der Waals surface area contributed by atoms with E-state index in [1.165, 1.54) is 6.07 Å². The molecule has 0 aliphatic heterocycles. The molecule has 2 aromatic carbocycles. The monoisotopic (exact) mass is 306 g/mol. The van der Waals surface area contributed by atoms with E-state index in [1.54, 1.807) is 11.7 Å². The van der Waals surface area contributed by atoms with Gasteiger partial charge in [-0.3, -0.25) is 4.57 Å². The number of benzene rings is 2. The van der Waals surface area contributed by atoms with E-state index < -0.39 is 11.6 Å². The Morgan fingerprint density at radius 3 is 2.76 bits per heavy atom. The molecule has 0 unspecified atom stereocenters. The normalized spacial score (nSPS) is 11.2. The van der Waals surface area contributed by atoms with Gasteiger partial charge in [0.15, 0.2) is 10.6 Å². The molecule has 0 spiro atoms.